The molecule has 0 aromatic heterocycles. The molecule has 1 saturated heterocycles. The first-order valence-corrected chi connectivity index (χ1v) is 7.44. The highest BCUT2D eigenvalue weighted by molar-refractivity contribution is 7.86. The van der Waals surface area contributed by atoms with Gasteiger partial charge in [0.2, 0.25) is 0 Å². The van der Waals surface area contributed by atoms with Gasteiger partial charge in [-0.15, -0.1) is 0 Å². The summed E-state index contributed by atoms with van der Waals surface area (Å²) < 4.78 is 34.4. The van der Waals surface area contributed by atoms with Crippen molar-refractivity contribution < 1.29 is 17.3 Å². The Morgan fingerprint density at radius 2 is 1.89 bits per heavy atom. The van der Waals surface area contributed by atoms with Crippen molar-refractivity contribution in [3.63, 3.8) is 0 Å². The third kappa shape index (κ3) is 2.58. The van der Waals surface area contributed by atoms with Gasteiger partial charge in [-0.1, -0.05) is 24.6 Å². The lowest BCUT2D eigenvalue weighted by atomic mass is 10.1. The number of aryl methyl sites for hydroxylation is 1. The number of hydrogen-bond acceptors (Lipinski definition) is 4. The highest BCUT2D eigenvalue weighted by atomic mass is 32.2. The molecule has 1 aromatic rings. The standard InChI is InChI=1S/C13H18O4S/c1-4-13(11(3)17-13)9-16-18(14,15)12-7-5-10(2)6-8-12/h5-8,11H,4,9H2,1-3H3. The van der Waals surface area contributed by atoms with Crippen LogP contribution in [-0.4, -0.2) is 26.7 Å². The molecule has 0 radical (unpaired) electrons. The van der Waals surface area contributed by atoms with E-state index in [2.05, 4.69) is 0 Å². The number of hydrogen-bond donors (Lipinski definition) is 0. The Balaban J connectivity index is 2.06. The van der Waals surface area contributed by atoms with Crippen molar-refractivity contribution in [2.45, 2.75) is 43.8 Å². The van der Waals surface area contributed by atoms with Crippen LogP contribution in [0.5, 0.6) is 0 Å². The maximum absolute atomic E-state index is 12.0. The summed E-state index contributed by atoms with van der Waals surface area (Å²) in [5.74, 6) is 0. The van der Waals surface area contributed by atoms with Gasteiger partial charge in [0.25, 0.3) is 10.1 Å². The normalized spacial score (nSPS) is 27.2. The van der Waals surface area contributed by atoms with Crippen molar-refractivity contribution >= 4 is 10.1 Å². The van der Waals surface area contributed by atoms with Crippen LogP contribution in [0.25, 0.3) is 0 Å². The summed E-state index contributed by atoms with van der Waals surface area (Å²) in [6.07, 6.45) is 0.813. The zero-order valence-corrected chi connectivity index (χ0v) is 11.7. The molecule has 4 nitrogen and oxygen atoms in total. The lowest BCUT2D eigenvalue weighted by molar-refractivity contribution is 0.188. The average molecular weight is 270 g/mol. The van der Waals surface area contributed by atoms with Crippen LogP contribution in [0.4, 0.5) is 0 Å². The zero-order valence-electron chi connectivity index (χ0n) is 10.8. The smallest absolute Gasteiger partial charge is 0.297 e. The van der Waals surface area contributed by atoms with Crippen LogP contribution in [0.1, 0.15) is 25.8 Å². The van der Waals surface area contributed by atoms with Gasteiger partial charge >= 0.3 is 0 Å². The molecule has 2 rings (SSSR count). The molecule has 1 heterocycles. The molecule has 0 N–H and O–H groups in total. The molecule has 1 aliphatic heterocycles. The van der Waals surface area contributed by atoms with E-state index in [0.29, 0.717) is 0 Å². The molecule has 0 saturated carbocycles. The van der Waals surface area contributed by atoms with E-state index < -0.39 is 15.7 Å². The van der Waals surface area contributed by atoms with Crippen molar-refractivity contribution in [3.05, 3.63) is 29.8 Å². The topological polar surface area (TPSA) is 55.9 Å². The zero-order chi connectivity index (χ0) is 13.4. The monoisotopic (exact) mass is 270 g/mol. The number of rotatable bonds is 5. The largest absolute Gasteiger partial charge is 0.364 e. The molecule has 1 fully saturated rings. The SMILES string of the molecule is CCC1(COS(=O)(=O)c2ccc(C)cc2)OC1C. The predicted octanol–water partition coefficient (Wildman–Crippen LogP) is 2.27. The van der Waals surface area contributed by atoms with Crippen LogP contribution in [0.3, 0.4) is 0 Å². The van der Waals surface area contributed by atoms with E-state index >= 15 is 0 Å². The molecule has 100 valence electrons. The fraction of sp³-hybridized carbons (Fsp3) is 0.538. The first-order valence-electron chi connectivity index (χ1n) is 6.03. The van der Waals surface area contributed by atoms with E-state index in [1.807, 2.05) is 20.8 Å². The summed E-state index contributed by atoms with van der Waals surface area (Å²) >= 11 is 0. The van der Waals surface area contributed by atoms with E-state index in [1.54, 1.807) is 24.3 Å². The molecule has 0 aliphatic carbocycles. The lowest BCUT2D eigenvalue weighted by Crippen LogP contribution is -2.23. The fourth-order valence-electron chi connectivity index (χ4n) is 1.89. The molecule has 1 aromatic carbocycles. The molecule has 0 spiro atoms. The average Bonchev–Trinajstić information content (AvgIpc) is 2.99. The van der Waals surface area contributed by atoms with E-state index in [-0.39, 0.29) is 17.6 Å². The Labute approximate surface area is 108 Å². The summed E-state index contributed by atoms with van der Waals surface area (Å²) in [4.78, 5) is 0.188. The fourth-order valence-corrected chi connectivity index (χ4v) is 2.85. The van der Waals surface area contributed by atoms with Gasteiger partial charge < -0.3 is 4.74 Å². The van der Waals surface area contributed by atoms with Crippen molar-refractivity contribution in [1.82, 2.24) is 0 Å². The van der Waals surface area contributed by atoms with Crippen LogP contribution >= 0.6 is 0 Å². The Bertz CT molecular complexity index is 516. The Kier molecular flexibility index (Phi) is 3.49. The first kappa shape index (κ1) is 13.5. The molecule has 1 aliphatic rings. The maximum Gasteiger partial charge on any atom is 0.297 e. The van der Waals surface area contributed by atoms with Crippen LogP contribution in [-0.2, 0) is 19.0 Å². The van der Waals surface area contributed by atoms with E-state index in [0.717, 1.165) is 12.0 Å². The van der Waals surface area contributed by atoms with Gasteiger partial charge in [0, 0.05) is 0 Å². The van der Waals surface area contributed by atoms with Crippen molar-refractivity contribution in [3.8, 4) is 0 Å². The minimum absolute atomic E-state index is 0.0655. The van der Waals surface area contributed by atoms with Gasteiger partial charge in [0.1, 0.15) is 5.60 Å². The Morgan fingerprint density at radius 1 is 1.33 bits per heavy atom. The maximum atomic E-state index is 12.0. The third-order valence-corrected chi connectivity index (χ3v) is 4.74. The molecule has 5 heteroatoms. The molecule has 0 amide bonds. The van der Waals surface area contributed by atoms with Gasteiger partial charge in [-0.3, -0.25) is 4.18 Å². The summed E-state index contributed by atoms with van der Waals surface area (Å²) in [7, 11) is -3.68. The molecular formula is C13H18O4S. The van der Waals surface area contributed by atoms with Crippen LogP contribution in [0.15, 0.2) is 29.2 Å². The van der Waals surface area contributed by atoms with Gasteiger partial charge in [-0.25, -0.2) is 0 Å². The van der Waals surface area contributed by atoms with Crippen molar-refractivity contribution in [1.29, 1.82) is 0 Å². The predicted molar refractivity (Wildman–Crippen MR) is 67.9 cm³/mol. The highest BCUT2D eigenvalue weighted by Crippen LogP contribution is 2.40. The van der Waals surface area contributed by atoms with Crippen molar-refractivity contribution in [2.24, 2.45) is 0 Å². The van der Waals surface area contributed by atoms with Crippen molar-refractivity contribution in [2.75, 3.05) is 6.61 Å². The number of ether oxygens (including phenoxy) is 1. The molecule has 0 bridgehead atoms. The van der Waals surface area contributed by atoms with Gasteiger partial charge in [0.05, 0.1) is 17.6 Å². The van der Waals surface area contributed by atoms with Gasteiger partial charge in [0.15, 0.2) is 0 Å². The highest BCUT2D eigenvalue weighted by Gasteiger charge is 2.52. The lowest BCUT2D eigenvalue weighted by Gasteiger charge is -2.11. The summed E-state index contributed by atoms with van der Waals surface area (Å²) in [6.45, 7) is 5.88. The molecule has 18 heavy (non-hydrogen) atoms. The second kappa shape index (κ2) is 4.64. The second-order valence-corrected chi connectivity index (χ2v) is 6.32. The summed E-state index contributed by atoms with van der Waals surface area (Å²) in [6, 6.07) is 6.62. The third-order valence-electron chi connectivity index (χ3n) is 3.46. The van der Waals surface area contributed by atoms with Crippen LogP contribution in [0.2, 0.25) is 0 Å². The summed E-state index contributed by atoms with van der Waals surface area (Å²) in [5.41, 5.74) is 0.593. The van der Waals surface area contributed by atoms with Crippen LogP contribution in [0, 0.1) is 6.92 Å². The van der Waals surface area contributed by atoms with Crippen LogP contribution < -0.4 is 0 Å². The minimum Gasteiger partial charge on any atom is -0.364 e. The Hall–Kier alpha value is -0.910. The Morgan fingerprint density at radius 3 is 2.33 bits per heavy atom. The van der Waals surface area contributed by atoms with E-state index in [4.69, 9.17) is 8.92 Å². The van der Waals surface area contributed by atoms with Gasteiger partial charge in [-0.2, -0.15) is 8.42 Å². The second-order valence-electron chi connectivity index (χ2n) is 4.71. The first-order chi connectivity index (χ1) is 8.39. The van der Waals surface area contributed by atoms with Gasteiger partial charge in [-0.05, 0) is 32.4 Å². The molecular weight excluding hydrogens is 252 g/mol. The number of benzene rings is 1. The molecule has 2 atom stereocenters. The van der Waals surface area contributed by atoms with E-state index in [1.165, 1.54) is 0 Å². The minimum atomic E-state index is -3.68. The van der Waals surface area contributed by atoms with E-state index in [9.17, 15) is 8.42 Å². The summed E-state index contributed by atoms with van der Waals surface area (Å²) in [5, 5.41) is 0. The number of epoxide rings is 1. The molecule has 2 unspecified atom stereocenters. The quantitative estimate of drug-likeness (QED) is 0.608.